The molecular weight excluding hydrogens is 312 g/mol. The van der Waals surface area contributed by atoms with E-state index in [4.69, 9.17) is 4.74 Å². The van der Waals surface area contributed by atoms with Crippen LogP contribution >= 0.6 is 0 Å². The Kier molecular flexibility index (Phi) is 5.91. The first-order valence-corrected chi connectivity index (χ1v) is 7.42. The van der Waals surface area contributed by atoms with Gasteiger partial charge in [-0.15, -0.1) is 16.8 Å². The minimum atomic E-state index is -0.802. The van der Waals surface area contributed by atoms with Gasteiger partial charge < -0.3 is 4.74 Å². The van der Waals surface area contributed by atoms with Gasteiger partial charge in [0.25, 0.3) is 5.91 Å². The second-order valence-electron chi connectivity index (χ2n) is 5.10. The Balaban J connectivity index is 2.04. The van der Waals surface area contributed by atoms with Crippen molar-refractivity contribution in [3.8, 4) is 0 Å². The van der Waals surface area contributed by atoms with Gasteiger partial charge in [0.05, 0.1) is 12.5 Å². The molecule has 0 aromatic heterocycles. The SMILES string of the molecule is C=CCCOC(C)C(=O)N=NC(=O)C1=C2C=CC=CC2C(=O)NN1. The Morgan fingerprint density at radius 3 is 2.92 bits per heavy atom. The van der Waals surface area contributed by atoms with E-state index in [1.54, 1.807) is 30.4 Å². The number of amides is 3. The summed E-state index contributed by atoms with van der Waals surface area (Å²) >= 11 is 0. The summed E-state index contributed by atoms with van der Waals surface area (Å²) in [5.41, 5.74) is 5.44. The first kappa shape index (κ1) is 17.5. The second kappa shape index (κ2) is 8.11. The van der Waals surface area contributed by atoms with Crippen LogP contribution in [0.4, 0.5) is 0 Å². The highest BCUT2D eigenvalue weighted by molar-refractivity contribution is 5.99. The van der Waals surface area contributed by atoms with E-state index in [1.165, 1.54) is 6.92 Å². The van der Waals surface area contributed by atoms with Crippen molar-refractivity contribution in [2.45, 2.75) is 19.4 Å². The highest BCUT2D eigenvalue weighted by Gasteiger charge is 2.30. The monoisotopic (exact) mass is 330 g/mol. The molecule has 2 aliphatic rings. The molecule has 1 heterocycles. The lowest BCUT2D eigenvalue weighted by molar-refractivity contribution is -0.129. The molecule has 0 spiro atoms. The first-order valence-electron chi connectivity index (χ1n) is 7.42. The topological polar surface area (TPSA) is 109 Å². The van der Waals surface area contributed by atoms with Gasteiger partial charge in [-0.2, -0.15) is 0 Å². The summed E-state index contributed by atoms with van der Waals surface area (Å²) in [6, 6.07) is 0. The average molecular weight is 330 g/mol. The lowest BCUT2D eigenvalue weighted by atomic mass is 9.91. The molecule has 1 aliphatic heterocycles. The summed E-state index contributed by atoms with van der Waals surface area (Å²) in [6.45, 7) is 5.41. The molecule has 2 N–H and O–H groups in total. The maximum atomic E-state index is 12.2. The Hall–Kier alpha value is -2.87. The van der Waals surface area contributed by atoms with Crippen LogP contribution in [0.3, 0.4) is 0 Å². The van der Waals surface area contributed by atoms with Crippen molar-refractivity contribution in [1.29, 1.82) is 0 Å². The lowest BCUT2D eigenvalue weighted by Crippen LogP contribution is -2.48. The minimum absolute atomic E-state index is 0.0805. The predicted molar refractivity (Wildman–Crippen MR) is 85.2 cm³/mol. The van der Waals surface area contributed by atoms with Crippen molar-refractivity contribution < 1.29 is 19.1 Å². The van der Waals surface area contributed by atoms with Gasteiger partial charge in [0.15, 0.2) is 0 Å². The van der Waals surface area contributed by atoms with Gasteiger partial charge in [-0.3, -0.25) is 25.2 Å². The van der Waals surface area contributed by atoms with Gasteiger partial charge in [0.2, 0.25) is 5.91 Å². The lowest BCUT2D eigenvalue weighted by Gasteiger charge is -2.25. The fourth-order valence-electron chi connectivity index (χ4n) is 2.09. The van der Waals surface area contributed by atoms with Crippen molar-refractivity contribution in [1.82, 2.24) is 10.9 Å². The van der Waals surface area contributed by atoms with Crippen molar-refractivity contribution in [2.75, 3.05) is 6.61 Å². The molecule has 0 bridgehead atoms. The van der Waals surface area contributed by atoms with Crippen LogP contribution in [0, 0.1) is 5.92 Å². The Morgan fingerprint density at radius 1 is 1.38 bits per heavy atom. The molecule has 2 atom stereocenters. The van der Waals surface area contributed by atoms with Crippen molar-refractivity contribution >= 4 is 17.7 Å². The molecule has 0 aromatic carbocycles. The van der Waals surface area contributed by atoms with E-state index in [1.807, 2.05) is 0 Å². The van der Waals surface area contributed by atoms with Gasteiger partial charge in [-0.1, -0.05) is 30.4 Å². The molecule has 0 aromatic rings. The smallest absolute Gasteiger partial charge is 0.313 e. The number of hydrazine groups is 1. The van der Waals surface area contributed by atoms with E-state index >= 15 is 0 Å². The molecule has 0 fully saturated rings. The standard InChI is InChI=1S/C16H18N4O4/c1-3-4-9-24-10(2)14(21)18-20-16(23)13-11-7-5-6-8-12(11)15(22)19-17-13/h3,5-8,10,12,17H,1,4,9H2,2H3,(H,19,22). The molecule has 24 heavy (non-hydrogen) atoms. The number of ether oxygens (including phenoxy) is 1. The number of hydrogen-bond acceptors (Lipinski definition) is 5. The molecule has 2 rings (SSSR count). The van der Waals surface area contributed by atoms with Crippen molar-refractivity contribution in [3.63, 3.8) is 0 Å². The fourth-order valence-corrected chi connectivity index (χ4v) is 2.09. The van der Waals surface area contributed by atoms with Crippen LogP contribution in [0.2, 0.25) is 0 Å². The van der Waals surface area contributed by atoms with Crippen LogP contribution in [-0.4, -0.2) is 30.4 Å². The molecule has 126 valence electrons. The maximum Gasteiger partial charge on any atom is 0.313 e. The second-order valence-corrected chi connectivity index (χ2v) is 5.10. The normalized spacial score (nSPS) is 20.4. The Morgan fingerprint density at radius 2 is 2.17 bits per heavy atom. The van der Waals surface area contributed by atoms with Crippen molar-refractivity contribution in [3.05, 3.63) is 48.2 Å². The van der Waals surface area contributed by atoms with E-state index in [0.717, 1.165) is 0 Å². The average Bonchev–Trinajstić information content (AvgIpc) is 2.60. The fraction of sp³-hybridized carbons (Fsp3) is 0.312. The molecular formula is C16H18N4O4. The van der Waals surface area contributed by atoms with Crippen LogP contribution < -0.4 is 10.9 Å². The van der Waals surface area contributed by atoms with E-state index in [0.29, 0.717) is 18.6 Å². The zero-order valence-electron chi connectivity index (χ0n) is 13.2. The number of nitrogens with one attached hydrogen (secondary N) is 2. The molecule has 0 saturated heterocycles. The third-order valence-electron chi connectivity index (χ3n) is 3.40. The zero-order chi connectivity index (χ0) is 17.5. The van der Waals surface area contributed by atoms with Gasteiger partial charge in [0, 0.05) is 0 Å². The predicted octanol–water partition coefficient (Wildman–Crippen LogP) is 1.10. The summed E-state index contributed by atoms with van der Waals surface area (Å²) in [5.74, 6) is -2.25. The van der Waals surface area contributed by atoms with Crippen LogP contribution in [0.15, 0.2) is 58.5 Å². The largest absolute Gasteiger partial charge is 0.368 e. The van der Waals surface area contributed by atoms with E-state index in [-0.39, 0.29) is 11.6 Å². The molecule has 0 saturated carbocycles. The van der Waals surface area contributed by atoms with Crippen LogP contribution in [0.1, 0.15) is 13.3 Å². The molecule has 1 aliphatic carbocycles. The van der Waals surface area contributed by atoms with Gasteiger partial charge in [-0.05, 0) is 18.9 Å². The Labute approximate surface area is 139 Å². The summed E-state index contributed by atoms with van der Waals surface area (Å²) in [4.78, 5) is 35.7. The quantitative estimate of drug-likeness (QED) is 0.431. The highest BCUT2D eigenvalue weighted by Crippen LogP contribution is 2.24. The van der Waals surface area contributed by atoms with Crippen LogP contribution in [0.5, 0.6) is 0 Å². The molecule has 8 nitrogen and oxygen atoms in total. The van der Waals surface area contributed by atoms with Gasteiger partial charge in [0.1, 0.15) is 11.8 Å². The van der Waals surface area contributed by atoms with Gasteiger partial charge >= 0.3 is 5.91 Å². The number of allylic oxidation sites excluding steroid dienone is 3. The van der Waals surface area contributed by atoms with Crippen molar-refractivity contribution in [2.24, 2.45) is 16.1 Å². The molecule has 2 unspecified atom stereocenters. The summed E-state index contributed by atoms with van der Waals surface area (Å²) in [7, 11) is 0. The molecule has 3 amide bonds. The number of nitrogens with zero attached hydrogens (tertiary/aromatic N) is 2. The third kappa shape index (κ3) is 4.11. The third-order valence-corrected chi connectivity index (χ3v) is 3.40. The number of azo groups is 1. The maximum absolute atomic E-state index is 12.2. The van der Waals surface area contributed by atoms with E-state index < -0.39 is 23.8 Å². The van der Waals surface area contributed by atoms with Gasteiger partial charge in [-0.25, -0.2) is 0 Å². The zero-order valence-corrected chi connectivity index (χ0v) is 13.2. The van der Waals surface area contributed by atoms with Crippen LogP contribution in [0.25, 0.3) is 0 Å². The number of fused-ring (bicyclic) bond motifs is 1. The number of rotatable bonds is 6. The number of carbonyl (C=O) groups excluding carboxylic acids is 3. The van der Waals surface area contributed by atoms with E-state index in [9.17, 15) is 14.4 Å². The first-order chi connectivity index (χ1) is 11.5. The number of hydrogen-bond donors (Lipinski definition) is 2. The summed E-state index contributed by atoms with van der Waals surface area (Å²) in [6.07, 6.45) is 8.20. The van der Waals surface area contributed by atoms with E-state index in [2.05, 4.69) is 27.7 Å². The minimum Gasteiger partial charge on any atom is -0.368 e. The summed E-state index contributed by atoms with van der Waals surface area (Å²) < 4.78 is 5.23. The Bertz CT molecular complexity index is 676. The molecule has 0 radical (unpaired) electrons. The summed E-state index contributed by atoms with van der Waals surface area (Å²) in [5, 5.41) is 6.81. The molecule has 8 heteroatoms. The highest BCUT2D eigenvalue weighted by atomic mass is 16.5. The number of carbonyl (C=O) groups is 3. The van der Waals surface area contributed by atoms with Crippen LogP contribution in [-0.2, 0) is 19.1 Å².